The summed E-state index contributed by atoms with van der Waals surface area (Å²) >= 11 is 0. The first-order chi connectivity index (χ1) is 10.7. The van der Waals surface area contributed by atoms with Crippen LogP contribution >= 0.6 is 0 Å². The molecule has 0 aromatic rings. The number of likely N-dealkylation sites (tertiary alicyclic amines) is 1. The fourth-order valence-corrected chi connectivity index (χ4v) is 4.00. The van der Waals surface area contributed by atoms with E-state index in [0.717, 1.165) is 31.4 Å². The Labute approximate surface area is 134 Å². The highest BCUT2D eigenvalue weighted by Gasteiger charge is 2.41. The summed E-state index contributed by atoms with van der Waals surface area (Å²) < 4.78 is 5.92. The van der Waals surface area contributed by atoms with Crippen molar-refractivity contribution in [2.75, 3.05) is 33.2 Å². The molecule has 3 aliphatic rings. The zero-order chi connectivity index (χ0) is 15.4. The van der Waals surface area contributed by atoms with Crippen LogP contribution in [-0.2, 0) is 4.74 Å². The lowest BCUT2D eigenvalue weighted by molar-refractivity contribution is 0.0992. The first-order valence-electron chi connectivity index (χ1n) is 9.13. The van der Waals surface area contributed by atoms with E-state index in [9.17, 15) is 0 Å². The molecule has 2 bridgehead atoms. The molecule has 3 heterocycles. The third-order valence-electron chi connectivity index (χ3n) is 5.42. The molecule has 0 saturated carbocycles. The Morgan fingerprint density at radius 2 is 2.05 bits per heavy atom. The molecule has 3 fully saturated rings. The van der Waals surface area contributed by atoms with Gasteiger partial charge in [0.05, 0.1) is 18.2 Å². The highest BCUT2D eigenvalue weighted by molar-refractivity contribution is 5.80. The average molecular weight is 308 g/mol. The van der Waals surface area contributed by atoms with Crippen LogP contribution in [0.15, 0.2) is 4.99 Å². The molecule has 0 amide bonds. The molecule has 3 unspecified atom stereocenters. The Morgan fingerprint density at radius 1 is 1.23 bits per heavy atom. The first-order valence-corrected chi connectivity index (χ1v) is 9.13. The van der Waals surface area contributed by atoms with Gasteiger partial charge in [-0.3, -0.25) is 4.99 Å². The van der Waals surface area contributed by atoms with Crippen molar-refractivity contribution >= 4 is 5.96 Å². The lowest BCUT2D eigenvalue weighted by Crippen LogP contribution is -2.47. The molecular formula is C17H32N4O. The molecule has 3 saturated heterocycles. The first kappa shape index (κ1) is 16.1. The van der Waals surface area contributed by atoms with Crippen molar-refractivity contribution in [2.24, 2.45) is 10.9 Å². The van der Waals surface area contributed by atoms with E-state index >= 15 is 0 Å². The van der Waals surface area contributed by atoms with E-state index in [1.807, 2.05) is 0 Å². The summed E-state index contributed by atoms with van der Waals surface area (Å²) in [5, 5.41) is 6.99. The average Bonchev–Trinajstić information content (AvgIpc) is 3.12. The van der Waals surface area contributed by atoms with Gasteiger partial charge in [0.2, 0.25) is 0 Å². The maximum absolute atomic E-state index is 5.92. The number of aliphatic imine (C=N–C) groups is 1. The summed E-state index contributed by atoms with van der Waals surface area (Å²) in [6.07, 6.45) is 8.37. The van der Waals surface area contributed by atoms with Gasteiger partial charge >= 0.3 is 0 Å². The van der Waals surface area contributed by atoms with E-state index in [2.05, 4.69) is 29.5 Å². The van der Waals surface area contributed by atoms with Crippen LogP contribution < -0.4 is 10.6 Å². The third-order valence-corrected chi connectivity index (χ3v) is 5.42. The van der Waals surface area contributed by atoms with E-state index in [1.165, 1.54) is 45.2 Å². The third kappa shape index (κ3) is 4.13. The number of nitrogens with one attached hydrogen (secondary N) is 2. The number of guanidine groups is 1. The van der Waals surface area contributed by atoms with Gasteiger partial charge in [0.25, 0.3) is 0 Å². The second-order valence-corrected chi connectivity index (χ2v) is 7.16. The van der Waals surface area contributed by atoms with Crippen molar-refractivity contribution < 1.29 is 4.74 Å². The van der Waals surface area contributed by atoms with E-state index < -0.39 is 0 Å². The van der Waals surface area contributed by atoms with E-state index in [4.69, 9.17) is 9.73 Å². The molecule has 0 aromatic heterocycles. The molecule has 0 aliphatic carbocycles. The van der Waals surface area contributed by atoms with Crippen LogP contribution in [0.3, 0.4) is 0 Å². The molecule has 0 spiro atoms. The van der Waals surface area contributed by atoms with Gasteiger partial charge < -0.3 is 20.3 Å². The normalized spacial score (nSPS) is 33.4. The van der Waals surface area contributed by atoms with Gasteiger partial charge in [-0.15, -0.1) is 0 Å². The zero-order valence-electron chi connectivity index (χ0n) is 14.2. The van der Waals surface area contributed by atoms with Crippen LogP contribution in [0.5, 0.6) is 0 Å². The Bertz CT molecular complexity index is 379. The Balaban J connectivity index is 1.43. The predicted octanol–water partition coefficient (Wildman–Crippen LogP) is 1.59. The molecule has 0 aromatic carbocycles. The maximum atomic E-state index is 5.92. The van der Waals surface area contributed by atoms with Crippen LogP contribution in [0, 0.1) is 5.92 Å². The molecular weight excluding hydrogens is 276 g/mol. The number of piperidine rings is 1. The van der Waals surface area contributed by atoms with Crippen LogP contribution in [0.2, 0.25) is 0 Å². The molecule has 5 heteroatoms. The summed E-state index contributed by atoms with van der Waals surface area (Å²) in [7, 11) is 2.22. The number of ether oxygens (including phenoxy) is 1. The summed E-state index contributed by atoms with van der Waals surface area (Å²) in [6.45, 7) is 6.48. The van der Waals surface area contributed by atoms with Crippen LogP contribution in [0.4, 0.5) is 0 Å². The van der Waals surface area contributed by atoms with Crippen LogP contribution in [0.1, 0.15) is 45.4 Å². The second kappa shape index (κ2) is 7.64. The fraction of sp³-hybridized carbons (Fsp3) is 0.941. The van der Waals surface area contributed by atoms with Crippen molar-refractivity contribution in [3.63, 3.8) is 0 Å². The summed E-state index contributed by atoms with van der Waals surface area (Å²) in [5.41, 5.74) is 0. The molecule has 3 atom stereocenters. The van der Waals surface area contributed by atoms with Crippen LogP contribution in [0.25, 0.3) is 0 Å². The van der Waals surface area contributed by atoms with Crippen molar-refractivity contribution in [2.45, 2.75) is 63.7 Å². The molecule has 3 aliphatic heterocycles. The lowest BCUT2D eigenvalue weighted by atomic mass is 9.94. The van der Waals surface area contributed by atoms with Crippen molar-refractivity contribution in [1.82, 2.24) is 15.5 Å². The SMILES string of the molecule is CCNC(=NCCC1CCN(C)CC1)NC1CC2CCC1O2. The lowest BCUT2D eigenvalue weighted by Gasteiger charge is -2.28. The van der Waals surface area contributed by atoms with Gasteiger partial charge in [0.15, 0.2) is 5.96 Å². The summed E-state index contributed by atoms with van der Waals surface area (Å²) in [4.78, 5) is 7.23. The van der Waals surface area contributed by atoms with Crippen molar-refractivity contribution in [3.8, 4) is 0 Å². The molecule has 5 nitrogen and oxygen atoms in total. The number of hydrogen-bond donors (Lipinski definition) is 2. The quantitative estimate of drug-likeness (QED) is 0.598. The van der Waals surface area contributed by atoms with Gasteiger partial charge in [-0.2, -0.15) is 0 Å². The molecule has 3 rings (SSSR count). The number of hydrogen-bond acceptors (Lipinski definition) is 3. The van der Waals surface area contributed by atoms with Gasteiger partial charge in [0.1, 0.15) is 0 Å². The molecule has 22 heavy (non-hydrogen) atoms. The Morgan fingerprint density at radius 3 is 2.68 bits per heavy atom. The second-order valence-electron chi connectivity index (χ2n) is 7.16. The largest absolute Gasteiger partial charge is 0.373 e. The van der Waals surface area contributed by atoms with Crippen LogP contribution in [-0.4, -0.2) is 62.3 Å². The maximum Gasteiger partial charge on any atom is 0.191 e. The highest BCUT2D eigenvalue weighted by Crippen LogP contribution is 2.34. The van der Waals surface area contributed by atoms with Gasteiger partial charge in [0, 0.05) is 13.1 Å². The summed E-state index contributed by atoms with van der Waals surface area (Å²) in [5.74, 6) is 1.84. The molecule has 2 N–H and O–H groups in total. The highest BCUT2D eigenvalue weighted by atomic mass is 16.5. The Kier molecular flexibility index (Phi) is 5.58. The number of nitrogens with zero attached hydrogens (tertiary/aromatic N) is 2. The number of rotatable bonds is 5. The topological polar surface area (TPSA) is 48.9 Å². The van der Waals surface area contributed by atoms with Gasteiger partial charge in [-0.1, -0.05) is 0 Å². The predicted molar refractivity (Wildman–Crippen MR) is 90.3 cm³/mol. The minimum Gasteiger partial charge on any atom is -0.373 e. The minimum atomic E-state index is 0.405. The van der Waals surface area contributed by atoms with E-state index in [0.29, 0.717) is 18.2 Å². The standard InChI is InChI=1S/C17H32N4O/c1-3-18-17(20-15-12-14-4-5-16(15)22-14)19-9-6-13-7-10-21(2)11-8-13/h13-16H,3-12H2,1-2H3,(H2,18,19,20). The smallest absolute Gasteiger partial charge is 0.191 e. The fourth-order valence-electron chi connectivity index (χ4n) is 4.00. The van der Waals surface area contributed by atoms with Crippen molar-refractivity contribution in [1.29, 1.82) is 0 Å². The zero-order valence-corrected chi connectivity index (χ0v) is 14.2. The van der Waals surface area contributed by atoms with Crippen molar-refractivity contribution in [3.05, 3.63) is 0 Å². The van der Waals surface area contributed by atoms with E-state index in [-0.39, 0.29) is 0 Å². The molecule has 0 radical (unpaired) electrons. The molecule has 126 valence electrons. The van der Waals surface area contributed by atoms with E-state index in [1.54, 1.807) is 0 Å². The Hall–Kier alpha value is -0.810. The summed E-state index contributed by atoms with van der Waals surface area (Å²) in [6, 6.07) is 0.458. The minimum absolute atomic E-state index is 0.405. The number of fused-ring (bicyclic) bond motifs is 2. The van der Waals surface area contributed by atoms with Gasteiger partial charge in [-0.25, -0.2) is 0 Å². The monoisotopic (exact) mass is 308 g/mol. The van der Waals surface area contributed by atoms with Gasteiger partial charge in [-0.05, 0) is 71.5 Å².